The second-order valence-electron chi connectivity index (χ2n) is 13.4. The largest absolute Gasteiger partial charge is 0.465 e. The highest BCUT2D eigenvalue weighted by Gasteiger charge is 2.46. The van der Waals surface area contributed by atoms with Crippen LogP contribution in [0.3, 0.4) is 0 Å². The summed E-state index contributed by atoms with van der Waals surface area (Å²) in [6.45, 7) is 14.1. The number of anilines is 2. The molecule has 1 fully saturated rings. The molecule has 9 nitrogen and oxygen atoms in total. The summed E-state index contributed by atoms with van der Waals surface area (Å²) in [5.74, 6) is 0.593. The number of hydrogen-bond donors (Lipinski definition) is 0. The van der Waals surface area contributed by atoms with Crippen LogP contribution in [0.4, 0.5) is 11.4 Å². The zero-order valence-electron chi connectivity index (χ0n) is 27.1. The summed E-state index contributed by atoms with van der Waals surface area (Å²) in [6, 6.07) is 5.24. The molecule has 0 spiro atoms. The van der Waals surface area contributed by atoms with Crippen molar-refractivity contribution in [3.05, 3.63) is 47.6 Å². The van der Waals surface area contributed by atoms with Gasteiger partial charge in [-0.3, -0.25) is 9.59 Å². The average molecular weight is 604 g/mol. The number of guanidine groups is 1. The minimum Gasteiger partial charge on any atom is -0.465 e. The van der Waals surface area contributed by atoms with E-state index in [1.165, 1.54) is 26.4 Å². The van der Waals surface area contributed by atoms with E-state index < -0.39 is 17.9 Å². The highest BCUT2D eigenvalue weighted by atomic mass is 16.5. The molecule has 0 radical (unpaired) electrons. The molecule has 2 unspecified atom stereocenters. The van der Waals surface area contributed by atoms with Crippen molar-refractivity contribution in [3.63, 3.8) is 0 Å². The second kappa shape index (κ2) is 14.1. The van der Waals surface area contributed by atoms with Gasteiger partial charge in [0.05, 0.1) is 36.0 Å². The lowest BCUT2D eigenvalue weighted by Crippen LogP contribution is -2.52. The maximum absolute atomic E-state index is 14.0. The highest BCUT2D eigenvalue weighted by Crippen LogP contribution is 2.43. The maximum Gasteiger partial charge on any atom is 0.337 e. The molecule has 9 heteroatoms. The Hall–Kier alpha value is -3.46. The summed E-state index contributed by atoms with van der Waals surface area (Å²) in [4.78, 5) is 53.6. The van der Waals surface area contributed by atoms with Crippen molar-refractivity contribution in [3.8, 4) is 0 Å². The predicted molar refractivity (Wildman–Crippen MR) is 175 cm³/mol. The summed E-state index contributed by atoms with van der Waals surface area (Å²) in [5.41, 5.74) is 2.64. The number of amides is 2. The Bertz CT molecular complexity index is 1310. The fourth-order valence-electron chi connectivity index (χ4n) is 6.47. The Kier molecular flexibility index (Phi) is 10.2. The molecule has 2 amide bonds. The standard InChI is InChI=1S/C35H49N5O4/c1-24(2)14-20-38(21-15-25(3)4)32(41)26-11-13-30-31(23-26)39(19-9-18-37-16-7-6-8-17-37)35-36-29-22-27(34(43)44-5)10-12-28(29)33(42)40(30)35/h10-13,22-25,28-29H,6-9,14-21H2,1-5H3. The molecular weight excluding hydrogens is 554 g/mol. The van der Waals surface area contributed by atoms with Crippen LogP contribution in [0.2, 0.25) is 0 Å². The summed E-state index contributed by atoms with van der Waals surface area (Å²) < 4.78 is 4.93. The van der Waals surface area contributed by atoms with Gasteiger partial charge in [-0.1, -0.05) is 46.3 Å². The van der Waals surface area contributed by atoms with Crippen molar-refractivity contribution in [2.45, 2.75) is 72.3 Å². The van der Waals surface area contributed by atoms with Crippen LogP contribution in [0.5, 0.6) is 0 Å². The third kappa shape index (κ3) is 6.93. The molecule has 4 aliphatic rings. The molecule has 1 saturated heterocycles. The van der Waals surface area contributed by atoms with E-state index in [1.807, 2.05) is 23.1 Å². The van der Waals surface area contributed by atoms with E-state index in [4.69, 9.17) is 9.73 Å². The molecule has 0 saturated carbocycles. The van der Waals surface area contributed by atoms with E-state index >= 15 is 0 Å². The molecule has 3 aliphatic heterocycles. The van der Waals surface area contributed by atoms with Crippen LogP contribution < -0.4 is 9.80 Å². The number of carbonyl (C=O) groups is 3. The molecule has 1 aromatic carbocycles. The first-order valence-electron chi connectivity index (χ1n) is 16.5. The Labute approximate surface area is 262 Å². The molecule has 1 aliphatic carbocycles. The van der Waals surface area contributed by atoms with Crippen LogP contribution in [0.1, 0.15) is 76.6 Å². The fourth-order valence-corrected chi connectivity index (χ4v) is 6.47. The monoisotopic (exact) mass is 603 g/mol. The third-order valence-corrected chi connectivity index (χ3v) is 9.13. The molecule has 0 N–H and O–H groups in total. The predicted octanol–water partition coefficient (Wildman–Crippen LogP) is 5.27. The maximum atomic E-state index is 14.0. The summed E-state index contributed by atoms with van der Waals surface area (Å²) >= 11 is 0. The lowest BCUT2D eigenvalue weighted by Gasteiger charge is -2.34. The summed E-state index contributed by atoms with van der Waals surface area (Å²) in [7, 11) is 1.35. The number of carbonyl (C=O) groups excluding carboxylic acids is 3. The van der Waals surface area contributed by atoms with E-state index in [1.54, 1.807) is 23.1 Å². The Morgan fingerprint density at radius 1 is 1.00 bits per heavy atom. The third-order valence-electron chi connectivity index (χ3n) is 9.13. The molecule has 3 heterocycles. The van der Waals surface area contributed by atoms with Crippen LogP contribution in [0.15, 0.2) is 47.0 Å². The first-order valence-corrected chi connectivity index (χ1v) is 16.5. The number of aliphatic imine (C=N–C) groups is 1. The minimum absolute atomic E-state index is 0.0303. The minimum atomic E-state index is -0.503. The highest BCUT2D eigenvalue weighted by molar-refractivity contribution is 6.30. The number of methoxy groups -OCH3 is 1. The first kappa shape index (κ1) is 31.9. The quantitative estimate of drug-likeness (QED) is 0.303. The van der Waals surface area contributed by atoms with Crippen molar-refractivity contribution in [1.29, 1.82) is 0 Å². The van der Waals surface area contributed by atoms with Crippen molar-refractivity contribution in [2.24, 2.45) is 22.7 Å². The number of fused-ring (bicyclic) bond motifs is 4. The van der Waals surface area contributed by atoms with Gasteiger partial charge in [0.2, 0.25) is 11.9 Å². The van der Waals surface area contributed by atoms with Gasteiger partial charge in [-0.2, -0.15) is 0 Å². The van der Waals surface area contributed by atoms with Gasteiger partial charge < -0.3 is 19.4 Å². The van der Waals surface area contributed by atoms with Gasteiger partial charge in [-0.05, 0) is 87.8 Å². The van der Waals surface area contributed by atoms with Crippen molar-refractivity contribution < 1.29 is 19.1 Å². The number of benzene rings is 1. The van der Waals surface area contributed by atoms with E-state index in [2.05, 4.69) is 37.5 Å². The van der Waals surface area contributed by atoms with Gasteiger partial charge in [0.25, 0.3) is 5.91 Å². The topological polar surface area (TPSA) is 85.8 Å². The Morgan fingerprint density at radius 2 is 1.70 bits per heavy atom. The normalized spacial score (nSPS) is 21.2. The Balaban J connectivity index is 1.47. The van der Waals surface area contributed by atoms with E-state index in [9.17, 15) is 14.4 Å². The van der Waals surface area contributed by atoms with E-state index in [0.717, 1.165) is 63.4 Å². The van der Waals surface area contributed by atoms with Crippen LogP contribution in [-0.4, -0.2) is 86.0 Å². The average Bonchev–Trinajstić information content (AvgIpc) is 3.33. The molecule has 44 heavy (non-hydrogen) atoms. The van der Waals surface area contributed by atoms with Crippen molar-refractivity contribution in [2.75, 3.05) is 56.2 Å². The number of ether oxygens (including phenoxy) is 1. The number of esters is 1. The summed E-state index contributed by atoms with van der Waals surface area (Å²) in [6.07, 6.45) is 11.7. The summed E-state index contributed by atoms with van der Waals surface area (Å²) in [5, 5.41) is 0. The molecule has 238 valence electrons. The van der Waals surface area contributed by atoms with Gasteiger partial charge in [0.1, 0.15) is 0 Å². The smallest absolute Gasteiger partial charge is 0.337 e. The Morgan fingerprint density at radius 3 is 2.36 bits per heavy atom. The molecule has 0 aromatic heterocycles. The van der Waals surface area contributed by atoms with Gasteiger partial charge in [0.15, 0.2) is 0 Å². The fraction of sp³-hybridized carbons (Fsp3) is 0.600. The number of piperidine rings is 1. The van der Waals surface area contributed by atoms with E-state index in [-0.39, 0.29) is 11.8 Å². The zero-order valence-corrected chi connectivity index (χ0v) is 27.1. The van der Waals surface area contributed by atoms with Crippen molar-refractivity contribution >= 4 is 35.1 Å². The molecule has 2 atom stereocenters. The SMILES string of the molecule is COC(=O)C1=CC2N=C3N(CCCN4CCCCC4)c4cc(C(=O)N(CCC(C)C)CCC(C)C)ccc4N3C(=O)C2C=C1. The van der Waals surface area contributed by atoms with Gasteiger partial charge in [0, 0.05) is 25.2 Å². The lowest BCUT2D eigenvalue weighted by atomic mass is 9.89. The zero-order chi connectivity index (χ0) is 31.4. The number of hydrogen-bond acceptors (Lipinski definition) is 7. The number of nitrogens with zero attached hydrogens (tertiary/aromatic N) is 5. The lowest BCUT2D eigenvalue weighted by molar-refractivity contribution is -0.135. The van der Waals surface area contributed by atoms with Gasteiger partial charge in [-0.15, -0.1) is 0 Å². The van der Waals surface area contributed by atoms with Crippen LogP contribution in [0, 0.1) is 17.8 Å². The number of rotatable bonds is 12. The van der Waals surface area contributed by atoms with Crippen molar-refractivity contribution in [1.82, 2.24) is 9.80 Å². The molecule has 5 rings (SSSR count). The second-order valence-corrected chi connectivity index (χ2v) is 13.4. The van der Waals surface area contributed by atoms with Crippen LogP contribution in [-0.2, 0) is 14.3 Å². The first-order chi connectivity index (χ1) is 21.2. The molecular formula is C35H49N5O4. The molecule has 0 bridgehead atoms. The van der Waals surface area contributed by atoms with Gasteiger partial charge in [-0.25, -0.2) is 14.7 Å². The van der Waals surface area contributed by atoms with Crippen LogP contribution >= 0.6 is 0 Å². The van der Waals surface area contributed by atoms with E-state index in [0.29, 0.717) is 35.5 Å². The number of likely N-dealkylation sites (tertiary alicyclic amines) is 1. The molecule has 1 aromatic rings. The van der Waals surface area contributed by atoms with Gasteiger partial charge >= 0.3 is 5.97 Å². The van der Waals surface area contributed by atoms with Crippen LogP contribution in [0.25, 0.3) is 0 Å².